The summed E-state index contributed by atoms with van der Waals surface area (Å²) in [6.45, 7) is 10.9. The Bertz CT molecular complexity index is 1000. The molecular weight excluding hydrogens is 378 g/mol. The van der Waals surface area contributed by atoms with E-state index in [1.165, 1.54) is 12.8 Å². The highest BCUT2D eigenvalue weighted by Gasteiger charge is 2.27. The molecule has 7 heteroatoms. The van der Waals surface area contributed by atoms with E-state index in [0.29, 0.717) is 12.1 Å². The molecule has 30 heavy (non-hydrogen) atoms. The van der Waals surface area contributed by atoms with Crippen LogP contribution in [-0.4, -0.2) is 45.2 Å². The Morgan fingerprint density at radius 1 is 1.23 bits per heavy atom. The van der Waals surface area contributed by atoms with Gasteiger partial charge >= 0.3 is 0 Å². The topological polar surface area (TPSA) is 76.2 Å². The molecule has 0 saturated carbocycles. The van der Waals surface area contributed by atoms with Crippen molar-refractivity contribution >= 4 is 16.9 Å². The molecule has 1 aliphatic rings. The minimum absolute atomic E-state index is 0.0479. The third-order valence-electron chi connectivity index (χ3n) is 5.82. The van der Waals surface area contributed by atoms with Crippen LogP contribution in [0.4, 0.5) is 0 Å². The number of pyridine rings is 1. The molecule has 0 unspecified atom stereocenters. The van der Waals surface area contributed by atoms with Crippen LogP contribution in [0.25, 0.3) is 11.0 Å². The van der Waals surface area contributed by atoms with Crippen LogP contribution in [-0.2, 0) is 0 Å². The summed E-state index contributed by atoms with van der Waals surface area (Å²) < 4.78 is 7.56. The minimum atomic E-state index is -0.0941. The van der Waals surface area contributed by atoms with Crippen molar-refractivity contribution < 1.29 is 9.21 Å². The number of aromatic nitrogens is 3. The standard InChI is InChI=1S/C23H31N5O2/c1-15(2)19-12-17(18-13-25-28(16(3)4)22(18)26-19)23(29)24-14-20(21-8-7-11-30-21)27-9-5-6-10-27/h7-8,11-13,15-16,20H,5-6,9-10,14H2,1-4H3,(H,24,29)/t20-/m0/s1. The van der Waals surface area contributed by atoms with Gasteiger partial charge in [0.25, 0.3) is 5.91 Å². The van der Waals surface area contributed by atoms with Crippen molar-refractivity contribution in [3.8, 4) is 0 Å². The monoisotopic (exact) mass is 409 g/mol. The van der Waals surface area contributed by atoms with Crippen LogP contribution in [0.2, 0.25) is 0 Å². The molecule has 1 amide bonds. The minimum Gasteiger partial charge on any atom is -0.468 e. The summed E-state index contributed by atoms with van der Waals surface area (Å²) in [5.74, 6) is 1.02. The van der Waals surface area contributed by atoms with Gasteiger partial charge in [-0.3, -0.25) is 9.69 Å². The lowest BCUT2D eigenvalue weighted by molar-refractivity contribution is 0.0935. The molecule has 0 aromatic carbocycles. The Hall–Kier alpha value is -2.67. The zero-order valence-electron chi connectivity index (χ0n) is 18.3. The Morgan fingerprint density at radius 3 is 2.63 bits per heavy atom. The van der Waals surface area contributed by atoms with E-state index in [-0.39, 0.29) is 23.9 Å². The Labute approximate surface area is 177 Å². The number of amides is 1. The highest BCUT2D eigenvalue weighted by atomic mass is 16.3. The predicted octanol–water partition coefficient (Wildman–Crippen LogP) is 4.30. The number of carbonyl (C=O) groups is 1. The van der Waals surface area contributed by atoms with Gasteiger partial charge in [-0.1, -0.05) is 13.8 Å². The van der Waals surface area contributed by atoms with Crippen LogP contribution in [0, 0.1) is 0 Å². The molecule has 1 saturated heterocycles. The fourth-order valence-corrected chi connectivity index (χ4v) is 4.13. The van der Waals surface area contributed by atoms with E-state index in [1.54, 1.807) is 12.5 Å². The van der Waals surface area contributed by atoms with Gasteiger partial charge in [0.2, 0.25) is 0 Å². The third-order valence-corrected chi connectivity index (χ3v) is 5.82. The number of furan rings is 1. The summed E-state index contributed by atoms with van der Waals surface area (Å²) >= 11 is 0. The van der Waals surface area contributed by atoms with Gasteiger partial charge in [-0.25, -0.2) is 9.67 Å². The van der Waals surface area contributed by atoms with Gasteiger partial charge < -0.3 is 9.73 Å². The molecule has 0 aliphatic carbocycles. The first-order valence-corrected chi connectivity index (χ1v) is 10.9. The fraction of sp³-hybridized carbons (Fsp3) is 0.522. The van der Waals surface area contributed by atoms with E-state index in [2.05, 4.69) is 43.0 Å². The second-order valence-corrected chi connectivity index (χ2v) is 8.65. The van der Waals surface area contributed by atoms with E-state index in [9.17, 15) is 4.79 Å². The predicted molar refractivity (Wildman–Crippen MR) is 117 cm³/mol. The van der Waals surface area contributed by atoms with Crippen molar-refractivity contribution in [3.05, 3.63) is 47.7 Å². The maximum absolute atomic E-state index is 13.3. The van der Waals surface area contributed by atoms with Crippen LogP contribution < -0.4 is 5.32 Å². The molecule has 1 fully saturated rings. The van der Waals surface area contributed by atoms with Crippen molar-refractivity contribution in [2.75, 3.05) is 19.6 Å². The van der Waals surface area contributed by atoms with E-state index < -0.39 is 0 Å². The Balaban J connectivity index is 1.62. The molecule has 4 rings (SSSR count). The molecule has 1 aliphatic heterocycles. The van der Waals surface area contributed by atoms with Gasteiger partial charge in [-0.2, -0.15) is 5.10 Å². The molecule has 4 heterocycles. The molecule has 160 valence electrons. The highest BCUT2D eigenvalue weighted by Crippen LogP contribution is 2.27. The number of rotatable bonds is 7. The number of fused-ring (bicyclic) bond motifs is 1. The van der Waals surface area contributed by atoms with Crippen molar-refractivity contribution in [1.29, 1.82) is 0 Å². The number of hydrogen-bond donors (Lipinski definition) is 1. The summed E-state index contributed by atoms with van der Waals surface area (Å²) in [6, 6.07) is 6.02. The van der Waals surface area contributed by atoms with Gasteiger partial charge in [-0.15, -0.1) is 0 Å². The molecule has 7 nitrogen and oxygen atoms in total. The maximum Gasteiger partial charge on any atom is 0.252 e. The first-order chi connectivity index (χ1) is 14.5. The second-order valence-electron chi connectivity index (χ2n) is 8.65. The van der Waals surface area contributed by atoms with Gasteiger partial charge in [0.15, 0.2) is 5.65 Å². The van der Waals surface area contributed by atoms with Gasteiger partial charge in [0.1, 0.15) is 5.76 Å². The van der Waals surface area contributed by atoms with Crippen molar-refractivity contribution in [3.63, 3.8) is 0 Å². The summed E-state index contributed by atoms with van der Waals surface area (Å²) in [5.41, 5.74) is 2.30. The lowest BCUT2D eigenvalue weighted by Crippen LogP contribution is -2.36. The van der Waals surface area contributed by atoms with Crippen LogP contribution in [0.3, 0.4) is 0 Å². The van der Waals surface area contributed by atoms with E-state index in [4.69, 9.17) is 9.40 Å². The van der Waals surface area contributed by atoms with E-state index in [1.807, 2.05) is 22.9 Å². The van der Waals surface area contributed by atoms with Crippen molar-refractivity contribution in [2.45, 2.75) is 58.5 Å². The molecule has 0 radical (unpaired) electrons. The normalized spacial score (nSPS) is 16.1. The largest absolute Gasteiger partial charge is 0.468 e. The lowest BCUT2D eigenvalue weighted by atomic mass is 10.0. The zero-order chi connectivity index (χ0) is 21.3. The second kappa shape index (κ2) is 8.60. The maximum atomic E-state index is 13.3. The van der Waals surface area contributed by atoms with Crippen LogP contribution in [0.15, 0.2) is 35.1 Å². The molecule has 1 atom stereocenters. The lowest BCUT2D eigenvalue weighted by Gasteiger charge is -2.26. The van der Waals surface area contributed by atoms with Crippen LogP contribution >= 0.6 is 0 Å². The Morgan fingerprint density at radius 2 is 2.00 bits per heavy atom. The number of likely N-dealkylation sites (tertiary alicyclic amines) is 1. The number of nitrogens with one attached hydrogen (secondary N) is 1. The van der Waals surface area contributed by atoms with Crippen molar-refractivity contribution in [1.82, 2.24) is 25.0 Å². The van der Waals surface area contributed by atoms with E-state index >= 15 is 0 Å². The molecular formula is C23H31N5O2. The summed E-state index contributed by atoms with van der Waals surface area (Å²) in [6.07, 6.45) is 5.82. The van der Waals surface area contributed by atoms with E-state index in [0.717, 1.165) is 35.6 Å². The number of carbonyl (C=O) groups excluding carboxylic acids is 1. The number of nitrogens with zero attached hydrogens (tertiary/aromatic N) is 4. The summed E-state index contributed by atoms with van der Waals surface area (Å²) in [7, 11) is 0. The van der Waals surface area contributed by atoms with Gasteiger partial charge in [0.05, 0.1) is 29.5 Å². The molecule has 3 aromatic rings. The van der Waals surface area contributed by atoms with Crippen LogP contribution in [0.5, 0.6) is 0 Å². The average Bonchev–Trinajstić information content (AvgIpc) is 3.48. The fourth-order valence-electron chi connectivity index (χ4n) is 4.13. The van der Waals surface area contributed by atoms with Crippen molar-refractivity contribution in [2.24, 2.45) is 0 Å². The smallest absolute Gasteiger partial charge is 0.252 e. The SMILES string of the molecule is CC(C)c1cc(C(=O)NC[C@@H](c2ccco2)N2CCCC2)c2cnn(C(C)C)c2n1. The van der Waals surface area contributed by atoms with Gasteiger partial charge in [0, 0.05) is 18.3 Å². The third kappa shape index (κ3) is 3.99. The average molecular weight is 410 g/mol. The van der Waals surface area contributed by atoms with Gasteiger partial charge in [-0.05, 0) is 63.9 Å². The quantitative estimate of drug-likeness (QED) is 0.630. The van der Waals surface area contributed by atoms with Crippen LogP contribution in [0.1, 0.15) is 80.4 Å². The molecule has 0 bridgehead atoms. The summed E-state index contributed by atoms with van der Waals surface area (Å²) in [4.78, 5) is 20.5. The highest BCUT2D eigenvalue weighted by molar-refractivity contribution is 6.05. The first kappa shape index (κ1) is 20.6. The summed E-state index contributed by atoms with van der Waals surface area (Å²) in [5, 5.41) is 8.44. The first-order valence-electron chi connectivity index (χ1n) is 10.9. The zero-order valence-corrected chi connectivity index (χ0v) is 18.3. The molecule has 0 spiro atoms. The molecule has 3 aromatic heterocycles. The number of hydrogen-bond acceptors (Lipinski definition) is 5. The Kier molecular flexibility index (Phi) is 5.90. The molecule has 1 N–H and O–H groups in total.